The van der Waals surface area contributed by atoms with E-state index in [9.17, 15) is 19.2 Å². The Morgan fingerprint density at radius 1 is 0.523 bits per heavy atom. The Morgan fingerprint density at radius 3 is 1.07 bits per heavy atom. The second-order valence-electron chi connectivity index (χ2n) is 9.22. The second kappa shape index (κ2) is 14.6. The van der Waals surface area contributed by atoms with Crippen LogP contribution in [0.1, 0.15) is 53.0 Å². The highest BCUT2D eigenvalue weighted by atomic mass is 16.5. The number of hydrogen-bond acceptors (Lipinski definition) is 12. The Morgan fingerprint density at radius 2 is 0.818 bits per heavy atom. The number of aryl methyl sites for hydroxylation is 2. The van der Waals surface area contributed by atoms with Crippen LogP contribution in [0.4, 0.5) is 11.4 Å². The maximum absolute atomic E-state index is 12.0. The lowest BCUT2D eigenvalue weighted by molar-refractivity contribution is 0.0529. The zero-order valence-corrected chi connectivity index (χ0v) is 25.7. The molecule has 12 heteroatoms. The molecule has 0 amide bonds. The van der Waals surface area contributed by atoms with Crippen molar-refractivity contribution in [2.45, 2.75) is 13.8 Å². The number of ether oxygens (including phenoxy) is 4. The minimum atomic E-state index is -0.740. The molecule has 0 bridgehead atoms. The fraction of sp³-hybridized carbons (Fsp3) is 0.250. The van der Waals surface area contributed by atoms with Crippen LogP contribution in [0, 0.1) is 13.8 Å². The third-order valence-corrected chi connectivity index (χ3v) is 6.46. The molecule has 0 saturated carbocycles. The molecule has 0 aliphatic carbocycles. The summed E-state index contributed by atoms with van der Waals surface area (Å²) in [6.45, 7) is 3.93. The van der Waals surface area contributed by atoms with E-state index in [1.165, 1.54) is 28.4 Å². The van der Waals surface area contributed by atoms with Crippen molar-refractivity contribution in [1.82, 2.24) is 0 Å². The summed E-state index contributed by atoms with van der Waals surface area (Å²) in [7, 11) is 8.18. The second-order valence-corrected chi connectivity index (χ2v) is 9.22. The predicted molar refractivity (Wildman–Crippen MR) is 162 cm³/mol. The van der Waals surface area contributed by atoms with Crippen LogP contribution in [-0.4, -0.2) is 66.4 Å². The van der Waals surface area contributed by atoms with E-state index < -0.39 is 23.9 Å². The highest BCUT2D eigenvalue weighted by molar-refractivity contribution is 6.09. The van der Waals surface area contributed by atoms with Gasteiger partial charge in [0.2, 0.25) is 11.5 Å². The van der Waals surface area contributed by atoms with Crippen LogP contribution in [0.2, 0.25) is 0 Å². The molecule has 0 aliphatic heterocycles. The fourth-order valence-corrected chi connectivity index (χ4v) is 4.22. The summed E-state index contributed by atoms with van der Waals surface area (Å²) >= 11 is 0. The first-order valence-corrected chi connectivity index (χ1v) is 13.2. The van der Waals surface area contributed by atoms with Crippen molar-refractivity contribution in [3.63, 3.8) is 0 Å². The number of hydrogen-bond donors (Lipinski definition) is 2. The molecule has 232 valence electrons. The lowest BCUT2D eigenvalue weighted by Crippen LogP contribution is -2.11. The Hall–Kier alpha value is -5.52. The molecule has 0 saturated heterocycles. The molecule has 0 atom stereocenters. The fourth-order valence-electron chi connectivity index (χ4n) is 4.22. The number of carbonyl (C=O) groups is 4. The van der Waals surface area contributed by atoms with Gasteiger partial charge < -0.3 is 38.4 Å². The quantitative estimate of drug-likeness (QED) is 0.186. The molecule has 0 spiro atoms. The van der Waals surface area contributed by atoms with Crippen LogP contribution in [0.3, 0.4) is 0 Å². The molecule has 0 aliphatic rings. The molecule has 4 aromatic rings. The molecule has 2 aromatic heterocycles. The van der Waals surface area contributed by atoms with Gasteiger partial charge in [-0.15, -0.1) is 0 Å². The van der Waals surface area contributed by atoms with Crippen LogP contribution in [0.25, 0.3) is 22.6 Å². The minimum absolute atomic E-state index is 0.0208. The largest absolute Gasteiger partial charge is 0.465 e. The Bertz CT molecular complexity index is 1520. The van der Waals surface area contributed by atoms with Gasteiger partial charge in [-0.1, -0.05) is 59.7 Å². The topological polar surface area (TPSA) is 156 Å². The van der Waals surface area contributed by atoms with Crippen molar-refractivity contribution in [2.24, 2.45) is 0 Å². The molecule has 0 fully saturated rings. The summed E-state index contributed by atoms with van der Waals surface area (Å²) in [5.41, 5.74) is 4.45. The van der Waals surface area contributed by atoms with Gasteiger partial charge in [-0.2, -0.15) is 0 Å². The van der Waals surface area contributed by atoms with Gasteiger partial charge in [-0.25, -0.2) is 19.2 Å². The molecule has 2 aromatic carbocycles. The van der Waals surface area contributed by atoms with E-state index in [2.05, 4.69) is 20.1 Å². The van der Waals surface area contributed by atoms with Gasteiger partial charge in [-0.05, 0) is 13.8 Å². The van der Waals surface area contributed by atoms with Crippen molar-refractivity contribution in [1.29, 1.82) is 0 Å². The van der Waals surface area contributed by atoms with E-state index in [4.69, 9.17) is 18.3 Å². The van der Waals surface area contributed by atoms with Crippen LogP contribution in [0.15, 0.2) is 57.4 Å². The normalized spacial score (nSPS) is 10.2. The lowest BCUT2D eigenvalue weighted by Gasteiger charge is -2.04. The molecular formula is C32H34N2O10. The van der Waals surface area contributed by atoms with Crippen molar-refractivity contribution >= 4 is 35.3 Å². The summed E-state index contributed by atoms with van der Waals surface area (Å²) in [4.78, 5) is 47.7. The molecule has 4 rings (SSSR count). The van der Waals surface area contributed by atoms with E-state index in [1.807, 2.05) is 62.4 Å². The number of methoxy groups -OCH3 is 4. The van der Waals surface area contributed by atoms with Crippen LogP contribution < -0.4 is 10.6 Å². The molecule has 2 N–H and O–H groups in total. The first-order chi connectivity index (χ1) is 21.1. The van der Waals surface area contributed by atoms with Gasteiger partial charge in [0, 0.05) is 25.2 Å². The summed E-state index contributed by atoms with van der Waals surface area (Å²) in [6.07, 6.45) is 0. The Kier molecular flexibility index (Phi) is 10.9. The monoisotopic (exact) mass is 606 g/mol. The first kappa shape index (κ1) is 33.0. The number of carbonyl (C=O) groups excluding carboxylic acids is 4. The van der Waals surface area contributed by atoms with Gasteiger partial charge in [0.1, 0.15) is 11.1 Å². The summed E-state index contributed by atoms with van der Waals surface area (Å²) in [5.74, 6) is -2.45. The van der Waals surface area contributed by atoms with Crippen molar-refractivity contribution in [3.05, 3.63) is 82.3 Å². The molecule has 0 unspecified atom stereocenters. The number of benzene rings is 2. The molecular weight excluding hydrogens is 572 g/mol. The Labute approximate surface area is 254 Å². The maximum atomic E-state index is 12.0. The Balaban J connectivity index is 0.000000240. The number of nitrogens with one attached hydrogen (secondary N) is 2. The molecule has 0 radical (unpaired) electrons. The summed E-state index contributed by atoms with van der Waals surface area (Å²) < 4.78 is 30.0. The highest BCUT2D eigenvalue weighted by Gasteiger charge is 2.32. The third kappa shape index (κ3) is 6.75. The first-order valence-electron chi connectivity index (χ1n) is 13.2. The van der Waals surface area contributed by atoms with E-state index in [1.54, 1.807) is 14.1 Å². The van der Waals surface area contributed by atoms with Crippen molar-refractivity contribution in [2.75, 3.05) is 53.2 Å². The standard InChI is InChI=1S/2C16H17NO5/c2*1-9-5-7-10(8-6-9)13-12(17-2)11(15(18)20-3)14(22-13)16(19)21-4/h2*5-8,17H,1-4H3. The van der Waals surface area contributed by atoms with Gasteiger partial charge in [-0.3, -0.25) is 0 Å². The maximum Gasteiger partial charge on any atom is 0.374 e. The van der Waals surface area contributed by atoms with E-state index >= 15 is 0 Å². The predicted octanol–water partition coefficient (Wildman–Crippen LogP) is 5.74. The zero-order valence-electron chi connectivity index (χ0n) is 25.7. The molecule has 44 heavy (non-hydrogen) atoms. The van der Waals surface area contributed by atoms with E-state index in [-0.39, 0.29) is 22.6 Å². The summed E-state index contributed by atoms with van der Waals surface area (Å²) in [6, 6.07) is 15.0. The SMILES string of the molecule is CNc1c(-c2ccc(C)cc2)oc(C(=O)OC)c1C(=O)OC.CNc1c(-c2ccc(C)cc2)oc(C(=O)OC)c1C(=O)OC. The van der Waals surface area contributed by atoms with Gasteiger partial charge in [0.15, 0.2) is 11.5 Å². The van der Waals surface area contributed by atoms with Gasteiger partial charge in [0.25, 0.3) is 0 Å². The van der Waals surface area contributed by atoms with Crippen LogP contribution in [0.5, 0.6) is 0 Å². The molecule has 12 nitrogen and oxygen atoms in total. The van der Waals surface area contributed by atoms with Gasteiger partial charge in [0.05, 0.1) is 39.8 Å². The molecule has 2 heterocycles. The van der Waals surface area contributed by atoms with Crippen LogP contribution in [-0.2, 0) is 18.9 Å². The number of furan rings is 2. The average Bonchev–Trinajstić information content (AvgIpc) is 3.63. The highest BCUT2D eigenvalue weighted by Crippen LogP contribution is 2.38. The van der Waals surface area contributed by atoms with Crippen LogP contribution >= 0.6 is 0 Å². The van der Waals surface area contributed by atoms with E-state index in [0.717, 1.165) is 22.3 Å². The van der Waals surface area contributed by atoms with Crippen molar-refractivity contribution < 1.29 is 47.0 Å². The number of esters is 4. The third-order valence-electron chi connectivity index (χ3n) is 6.46. The average molecular weight is 607 g/mol. The summed E-state index contributed by atoms with van der Waals surface area (Å²) in [5, 5.41) is 5.78. The minimum Gasteiger partial charge on any atom is -0.465 e. The smallest absolute Gasteiger partial charge is 0.374 e. The van der Waals surface area contributed by atoms with E-state index in [0.29, 0.717) is 22.9 Å². The zero-order chi connectivity index (χ0) is 32.6. The lowest BCUT2D eigenvalue weighted by atomic mass is 10.1. The van der Waals surface area contributed by atoms with Crippen molar-refractivity contribution in [3.8, 4) is 22.6 Å². The number of rotatable bonds is 8. The van der Waals surface area contributed by atoms with Gasteiger partial charge >= 0.3 is 23.9 Å². The number of anilines is 2.